The van der Waals surface area contributed by atoms with E-state index in [2.05, 4.69) is 0 Å². The number of carboxylic acids is 2. The molecule has 1 aliphatic rings. The zero-order valence-corrected chi connectivity index (χ0v) is 7.97. The Kier molecular flexibility index (Phi) is 2.94. The minimum atomic E-state index is -1.26. The van der Waals surface area contributed by atoms with Gasteiger partial charge in [0, 0.05) is 0 Å². The van der Waals surface area contributed by atoms with Crippen molar-refractivity contribution in [3.05, 3.63) is 0 Å². The average molecular weight is 216 g/mol. The van der Waals surface area contributed by atoms with E-state index in [1.165, 1.54) is 0 Å². The summed E-state index contributed by atoms with van der Waals surface area (Å²) in [5, 5.41) is 17.0. The van der Waals surface area contributed by atoms with Gasteiger partial charge < -0.3 is 20.8 Å². The first-order valence-electron chi connectivity index (χ1n) is 4.37. The van der Waals surface area contributed by atoms with Crippen molar-refractivity contribution in [2.24, 2.45) is 5.73 Å². The Hall–Kier alpha value is -1.63. The lowest BCUT2D eigenvalue weighted by Gasteiger charge is -2.21. The molecule has 15 heavy (non-hydrogen) atoms. The first-order chi connectivity index (χ1) is 6.85. The van der Waals surface area contributed by atoms with Crippen LogP contribution in [0.5, 0.6) is 0 Å². The molecule has 1 aliphatic carbocycles. The highest BCUT2D eigenvalue weighted by Crippen LogP contribution is 2.33. The Morgan fingerprint density at radius 1 is 1.13 bits per heavy atom. The lowest BCUT2D eigenvalue weighted by molar-refractivity contribution is -0.150. The summed E-state index contributed by atoms with van der Waals surface area (Å²) in [6, 6.07) is 0. The predicted octanol–water partition coefficient (Wildman–Crippen LogP) is -1.52. The summed E-state index contributed by atoms with van der Waals surface area (Å²) in [7, 11) is 0. The third-order valence-electron chi connectivity index (χ3n) is 2.15. The van der Waals surface area contributed by atoms with Crippen molar-refractivity contribution in [1.29, 1.82) is 0 Å². The fourth-order valence-electron chi connectivity index (χ4n) is 1.19. The van der Waals surface area contributed by atoms with Crippen molar-refractivity contribution < 1.29 is 24.6 Å². The molecule has 7 heteroatoms. The van der Waals surface area contributed by atoms with E-state index in [0.29, 0.717) is 12.8 Å². The van der Waals surface area contributed by atoms with E-state index in [9.17, 15) is 14.4 Å². The first-order valence-corrected chi connectivity index (χ1v) is 4.37. The molecule has 0 aromatic heterocycles. The van der Waals surface area contributed by atoms with Crippen molar-refractivity contribution in [3.63, 3.8) is 0 Å². The highest BCUT2D eigenvalue weighted by molar-refractivity contribution is 5.93. The molecule has 84 valence electrons. The van der Waals surface area contributed by atoms with Crippen molar-refractivity contribution in [2.45, 2.75) is 18.4 Å². The number of hydrogen-bond acceptors (Lipinski definition) is 4. The number of nitrogens with zero attached hydrogens (tertiary/aromatic N) is 1. The molecule has 0 bridgehead atoms. The summed E-state index contributed by atoms with van der Waals surface area (Å²) >= 11 is 0. The molecule has 1 amide bonds. The SMILES string of the molecule is NC1(C(=O)N(CC(=O)O)CC(=O)O)CC1. The predicted molar refractivity (Wildman–Crippen MR) is 48.0 cm³/mol. The molecule has 1 rings (SSSR count). The molecule has 0 aromatic carbocycles. The molecule has 4 N–H and O–H groups in total. The Balaban J connectivity index is 2.66. The van der Waals surface area contributed by atoms with E-state index in [1.54, 1.807) is 0 Å². The van der Waals surface area contributed by atoms with Crippen LogP contribution in [0.4, 0.5) is 0 Å². The van der Waals surface area contributed by atoms with Gasteiger partial charge in [-0.3, -0.25) is 14.4 Å². The van der Waals surface area contributed by atoms with Crippen LogP contribution in [0.2, 0.25) is 0 Å². The van der Waals surface area contributed by atoms with Gasteiger partial charge in [0.2, 0.25) is 5.91 Å². The smallest absolute Gasteiger partial charge is 0.323 e. The van der Waals surface area contributed by atoms with Crippen LogP contribution in [0.3, 0.4) is 0 Å². The van der Waals surface area contributed by atoms with E-state index in [-0.39, 0.29) is 0 Å². The van der Waals surface area contributed by atoms with Crippen LogP contribution in [0.15, 0.2) is 0 Å². The van der Waals surface area contributed by atoms with E-state index >= 15 is 0 Å². The van der Waals surface area contributed by atoms with Crippen molar-refractivity contribution in [1.82, 2.24) is 4.90 Å². The Bertz CT molecular complexity index is 294. The molecule has 0 unspecified atom stereocenters. The average Bonchev–Trinajstić information content (AvgIpc) is 2.81. The fraction of sp³-hybridized carbons (Fsp3) is 0.625. The van der Waals surface area contributed by atoms with Crippen LogP contribution in [0, 0.1) is 0 Å². The number of hydrogen-bond donors (Lipinski definition) is 3. The summed E-state index contributed by atoms with van der Waals surface area (Å²) in [5.74, 6) is -3.12. The highest BCUT2D eigenvalue weighted by Gasteiger charge is 2.48. The van der Waals surface area contributed by atoms with Crippen LogP contribution in [-0.2, 0) is 14.4 Å². The molecule has 0 radical (unpaired) electrons. The normalized spacial score (nSPS) is 16.9. The van der Waals surface area contributed by atoms with Crippen molar-refractivity contribution in [2.75, 3.05) is 13.1 Å². The summed E-state index contributed by atoms with van der Waals surface area (Å²) < 4.78 is 0. The van der Waals surface area contributed by atoms with Gasteiger partial charge in [-0.15, -0.1) is 0 Å². The molecule has 0 heterocycles. The highest BCUT2D eigenvalue weighted by atomic mass is 16.4. The lowest BCUT2D eigenvalue weighted by atomic mass is 10.2. The van der Waals surface area contributed by atoms with Gasteiger partial charge in [0.25, 0.3) is 0 Å². The monoisotopic (exact) mass is 216 g/mol. The van der Waals surface area contributed by atoms with Gasteiger partial charge in [-0.05, 0) is 12.8 Å². The van der Waals surface area contributed by atoms with Crippen LogP contribution in [-0.4, -0.2) is 51.6 Å². The van der Waals surface area contributed by atoms with Gasteiger partial charge in [-0.1, -0.05) is 0 Å². The van der Waals surface area contributed by atoms with Crippen molar-refractivity contribution in [3.8, 4) is 0 Å². The van der Waals surface area contributed by atoms with E-state index < -0.39 is 36.5 Å². The third kappa shape index (κ3) is 2.91. The number of amides is 1. The zero-order valence-electron chi connectivity index (χ0n) is 7.97. The zero-order chi connectivity index (χ0) is 11.6. The summed E-state index contributed by atoms with van der Waals surface area (Å²) in [5.41, 5.74) is 4.53. The molecule has 1 saturated carbocycles. The number of carbonyl (C=O) groups is 3. The second-order valence-corrected chi connectivity index (χ2v) is 3.60. The van der Waals surface area contributed by atoms with Gasteiger partial charge >= 0.3 is 11.9 Å². The second-order valence-electron chi connectivity index (χ2n) is 3.60. The van der Waals surface area contributed by atoms with Crippen LogP contribution in [0.1, 0.15) is 12.8 Å². The largest absolute Gasteiger partial charge is 0.480 e. The molecule has 0 atom stereocenters. The van der Waals surface area contributed by atoms with Gasteiger partial charge in [0.1, 0.15) is 13.1 Å². The molecule has 1 fully saturated rings. The fourth-order valence-corrected chi connectivity index (χ4v) is 1.19. The summed E-state index contributed by atoms with van der Waals surface area (Å²) in [4.78, 5) is 33.2. The van der Waals surface area contributed by atoms with Gasteiger partial charge in [0.15, 0.2) is 0 Å². The lowest BCUT2D eigenvalue weighted by Crippen LogP contribution is -2.49. The number of nitrogens with two attached hydrogens (primary N) is 1. The number of carbonyl (C=O) groups excluding carboxylic acids is 1. The molecule has 0 spiro atoms. The Morgan fingerprint density at radius 2 is 1.53 bits per heavy atom. The van der Waals surface area contributed by atoms with Gasteiger partial charge in [-0.2, -0.15) is 0 Å². The molecular formula is C8H12N2O5. The number of carboxylic acid groups (broad SMARTS) is 2. The van der Waals surface area contributed by atoms with E-state index in [0.717, 1.165) is 4.90 Å². The molecule has 0 aromatic rings. The maximum absolute atomic E-state index is 11.6. The molecule has 0 saturated heterocycles. The summed E-state index contributed by atoms with van der Waals surface area (Å²) in [6.07, 6.45) is 0.948. The van der Waals surface area contributed by atoms with E-state index in [4.69, 9.17) is 15.9 Å². The maximum Gasteiger partial charge on any atom is 0.323 e. The quantitative estimate of drug-likeness (QED) is 0.513. The van der Waals surface area contributed by atoms with Crippen LogP contribution >= 0.6 is 0 Å². The minimum absolute atomic E-state index is 0.474. The number of aliphatic carboxylic acids is 2. The van der Waals surface area contributed by atoms with E-state index in [1.807, 2.05) is 0 Å². The number of rotatable bonds is 5. The third-order valence-corrected chi connectivity index (χ3v) is 2.15. The van der Waals surface area contributed by atoms with Gasteiger partial charge in [0.05, 0.1) is 5.54 Å². The van der Waals surface area contributed by atoms with Crippen LogP contribution in [0.25, 0.3) is 0 Å². The van der Waals surface area contributed by atoms with Gasteiger partial charge in [-0.25, -0.2) is 0 Å². The molecule has 7 nitrogen and oxygen atoms in total. The second kappa shape index (κ2) is 3.85. The molecule has 0 aliphatic heterocycles. The Labute approximate surface area is 85.5 Å². The Morgan fingerprint density at radius 3 is 1.80 bits per heavy atom. The maximum atomic E-state index is 11.6. The first kappa shape index (κ1) is 11.4. The standard InChI is InChI=1S/C8H12N2O5/c9-8(1-2-8)7(15)10(3-5(11)12)4-6(13)14/h1-4,9H2,(H,11,12)(H,13,14). The van der Waals surface area contributed by atoms with Crippen molar-refractivity contribution >= 4 is 17.8 Å². The topological polar surface area (TPSA) is 121 Å². The summed E-state index contributed by atoms with van der Waals surface area (Å²) in [6.45, 7) is -1.27. The molecular weight excluding hydrogens is 204 g/mol. The van der Waals surface area contributed by atoms with Crippen LogP contribution < -0.4 is 5.73 Å². The minimum Gasteiger partial charge on any atom is -0.480 e.